The summed E-state index contributed by atoms with van der Waals surface area (Å²) in [4.78, 5) is 10.8. The van der Waals surface area contributed by atoms with Crippen LogP contribution in [-0.2, 0) is 4.79 Å². The van der Waals surface area contributed by atoms with Crippen LogP contribution in [-0.4, -0.2) is 22.0 Å². The molecule has 0 radical (unpaired) electrons. The molecule has 1 aromatic rings. The molecular weight excluding hydrogens is 244 g/mol. The molecule has 5 heteroatoms. The van der Waals surface area contributed by atoms with Crippen LogP contribution >= 0.6 is 0 Å². The van der Waals surface area contributed by atoms with Gasteiger partial charge in [-0.1, -0.05) is 48.3 Å². The maximum absolute atomic E-state index is 10.8. The predicted octanol–water partition coefficient (Wildman–Crippen LogP) is 2.71. The molecule has 0 aliphatic rings. The van der Waals surface area contributed by atoms with E-state index in [2.05, 4.69) is 5.16 Å². The average molecular weight is 264 g/mol. The third kappa shape index (κ3) is 6.01. The third-order valence-electron chi connectivity index (χ3n) is 2.92. The fourth-order valence-corrected chi connectivity index (χ4v) is 1.87. The zero-order valence-electron chi connectivity index (χ0n) is 10.9. The van der Waals surface area contributed by atoms with Gasteiger partial charge in [0.15, 0.2) is 0 Å². The summed E-state index contributed by atoms with van der Waals surface area (Å²) in [5, 5.41) is 20.7. The van der Waals surface area contributed by atoms with Crippen LogP contribution in [0, 0.1) is 0 Å². The minimum absolute atomic E-state index is 0.343. The van der Waals surface area contributed by atoms with Crippen LogP contribution in [0.3, 0.4) is 0 Å². The van der Waals surface area contributed by atoms with Gasteiger partial charge in [0.2, 0.25) is 5.91 Å². The number of oxime groups is 1. The molecule has 5 nitrogen and oxygen atoms in total. The Morgan fingerprint density at radius 2 is 1.68 bits per heavy atom. The molecule has 104 valence electrons. The van der Waals surface area contributed by atoms with Crippen LogP contribution in [0.25, 0.3) is 0 Å². The van der Waals surface area contributed by atoms with Crippen molar-refractivity contribution in [3.05, 3.63) is 35.9 Å². The number of carbonyl (C=O) groups is 1. The molecule has 0 saturated heterocycles. The Bertz CT molecular complexity index is 404. The number of nitrogens with zero attached hydrogens (tertiary/aromatic N) is 1. The highest BCUT2D eigenvalue weighted by Gasteiger charge is 2.04. The summed E-state index contributed by atoms with van der Waals surface area (Å²) in [6, 6.07) is 9.58. The highest BCUT2D eigenvalue weighted by molar-refractivity contribution is 6.00. The highest BCUT2D eigenvalue weighted by Crippen LogP contribution is 2.10. The number of benzene rings is 1. The minimum atomic E-state index is -0.345. The largest absolute Gasteiger partial charge is 0.411 e. The van der Waals surface area contributed by atoms with Gasteiger partial charge in [-0.15, -0.1) is 0 Å². The van der Waals surface area contributed by atoms with E-state index in [1.807, 2.05) is 30.3 Å². The van der Waals surface area contributed by atoms with Crippen LogP contribution in [0.2, 0.25) is 0 Å². The molecule has 1 rings (SSSR count). The van der Waals surface area contributed by atoms with Gasteiger partial charge in [0, 0.05) is 6.42 Å². The second-order valence-corrected chi connectivity index (χ2v) is 4.36. The van der Waals surface area contributed by atoms with Crippen LogP contribution in [0.1, 0.15) is 44.1 Å². The maximum atomic E-state index is 10.8. The summed E-state index contributed by atoms with van der Waals surface area (Å²) in [5.41, 5.74) is 3.24. The topological polar surface area (TPSA) is 81.9 Å². The SMILES string of the molecule is O=C(CCCCCCC(=NO)c1ccccc1)NO. The van der Waals surface area contributed by atoms with E-state index in [1.165, 1.54) is 0 Å². The Hall–Kier alpha value is -1.88. The van der Waals surface area contributed by atoms with Gasteiger partial charge in [0.05, 0.1) is 5.71 Å². The molecule has 0 bridgehead atoms. The number of unbranched alkanes of at least 4 members (excludes halogenated alkanes) is 3. The first kappa shape index (κ1) is 15.2. The van der Waals surface area contributed by atoms with Crippen LogP contribution < -0.4 is 5.48 Å². The molecule has 0 atom stereocenters. The van der Waals surface area contributed by atoms with E-state index in [1.54, 1.807) is 5.48 Å². The first-order valence-electron chi connectivity index (χ1n) is 6.47. The van der Waals surface area contributed by atoms with E-state index in [4.69, 9.17) is 10.4 Å². The van der Waals surface area contributed by atoms with E-state index in [0.717, 1.165) is 31.2 Å². The van der Waals surface area contributed by atoms with E-state index in [-0.39, 0.29) is 5.91 Å². The Balaban J connectivity index is 2.20. The van der Waals surface area contributed by atoms with Gasteiger partial charge >= 0.3 is 0 Å². The summed E-state index contributed by atoms with van der Waals surface area (Å²) in [6.45, 7) is 0. The summed E-state index contributed by atoms with van der Waals surface area (Å²) < 4.78 is 0. The Labute approximate surface area is 112 Å². The molecule has 0 aliphatic carbocycles. The predicted molar refractivity (Wildman–Crippen MR) is 72.4 cm³/mol. The number of amides is 1. The van der Waals surface area contributed by atoms with Crippen molar-refractivity contribution >= 4 is 11.6 Å². The van der Waals surface area contributed by atoms with Crippen molar-refractivity contribution in [2.24, 2.45) is 5.16 Å². The maximum Gasteiger partial charge on any atom is 0.243 e. The molecule has 0 spiro atoms. The van der Waals surface area contributed by atoms with Crippen molar-refractivity contribution in [2.45, 2.75) is 38.5 Å². The number of nitrogens with one attached hydrogen (secondary N) is 1. The summed E-state index contributed by atoms with van der Waals surface area (Å²) in [6.07, 6.45) is 4.60. The fraction of sp³-hybridized carbons (Fsp3) is 0.429. The Morgan fingerprint density at radius 3 is 2.26 bits per heavy atom. The van der Waals surface area contributed by atoms with Gasteiger partial charge in [-0.3, -0.25) is 10.0 Å². The van der Waals surface area contributed by atoms with Gasteiger partial charge in [-0.25, -0.2) is 5.48 Å². The quantitative estimate of drug-likeness (QED) is 0.222. The highest BCUT2D eigenvalue weighted by atomic mass is 16.5. The fourth-order valence-electron chi connectivity index (χ4n) is 1.87. The first-order valence-corrected chi connectivity index (χ1v) is 6.47. The van der Waals surface area contributed by atoms with E-state index in [9.17, 15) is 4.79 Å². The van der Waals surface area contributed by atoms with Crippen LogP contribution in [0.5, 0.6) is 0 Å². The molecule has 19 heavy (non-hydrogen) atoms. The molecular formula is C14H20N2O3. The minimum Gasteiger partial charge on any atom is -0.411 e. The number of hydrogen-bond donors (Lipinski definition) is 3. The van der Waals surface area contributed by atoms with Gasteiger partial charge in [-0.05, 0) is 24.8 Å². The van der Waals surface area contributed by atoms with Crippen molar-refractivity contribution in [2.75, 3.05) is 0 Å². The average Bonchev–Trinajstić information content (AvgIpc) is 2.47. The lowest BCUT2D eigenvalue weighted by Crippen LogP contribution is -2.17. The lowest BCUT2D eigenvalue weighted by Gasteiger charge is -2.04. The second kappa shape index (κ2) is 9.10. The molecule has 0 unspecified atom stereocenters. The van der Waals surface area contributed by atoms with Crippen LogP contribution in [0.4, 0.5) is 0 Å². The van der Waals surface area contributed by atoms with E-state index >= 15 is 0 Å². The van der Waals surface area contributed by atoms with Gasteiger partial charge in [-0.2, -0.15) is 0 Å². The summed E-state index contributed by atoms with van der Waals surface area (Å²) >= 11 is 0. The molecule has 0 fully saturated rings. The third-order valence-corrected chi connectivity index (χ3v) is 2.92. The monoisotopic (exact) mass is 264 g/mol. The van der Waals surface area contributed by atoms with Crippen molar-refractivity contribution in [1.29, 1.82) is 0 Å². The second-order valence-electron chi connectivity index (χ2n) is 4.36. The molecule has 3 N–H and O–H groups in total. The van der Waals surface area contributed by atoms with Crippen LogP contribution in [0.15, 0.2) is 35.5 Å². The van der Waals surface area contributed by atoms with Crippen molar-refractivity contribution in [3.8, 4) is 0 Å². The lowest BCUT2D eigenvalue weighted by molar-refractivity contribution is -0.129. The van der Waals surface area contributed by atoms with E-state index < -0.39 is 0 Å². The van der Waals surface area contributed by atoms with Gasteiger partial charge < -0.3 is 5.21 Å². The van der Waals surface area contributed by atoms with Crippen molar-refractivity contribution in [1.82, 2.24) is 5.48 Å². The lowest BCUT2D eigenvalue weighted by atomic mass is 10.0. The standard InChI is InChI=1S/C14H20N2O3/c17-14(16-19)11-7-2-1-6-10-13(15-18)12-8-4-3-5-9-12/h3-5,8-9,18-19H,1-2,6-7,10-11H2,(H,16,17). The smallest absolute Gasteiger partial charge is 0.243 e. The number of carbonyl (C=O) groups excluding carboxylic acids is 1. The molecule has 0 aromatic heterocycles. The zero-order chi connectivity index (χ0) is 13.9. The summed E-state index contributed by atoms with van der Waals surface area (Å²) in [7, 11) is 0. The number of hydrogen-bond acceptors (Lipinski definition) is 4. The molecule has 1 aromatic carbocycles. The van der Waals surface area contributed by atoms with Crippen molar-refractivity contribution in [3.63, 3.8) is 0 Å². The molecule has 1 amide bonds. The molecule has 0 heterocycles. The number of rotatable bonds is 8. The Kier molecular flexibility index (Phi) is 7.27. The van der Waals surface area contributed by atoms with Crippen molar-refractivity contribution < 1.29 is 15.2 Å². The zero-order valence-corrected chi connectivity index (χ0v) is 10.9. The summed E-state index contributed by atoms with van der Waals surface area (Å²) in [5.74, 6) is -0.345. The van der Waals surface area contributed by atoms with Gasteiger partial charge in [0.1, 0.15) is 0 Å². The van der Waals surface area contributed by atoms with E-state index in [0.29, 0.717) is 18.6 Å². The number of hydroxylamine groups is 1. The van der Waals surface area contributed by atoms with Gasteiger partial charge in [0.25, 0.3) is 0 Å². The Morgan fingerprint density at radius 1 is 1.05 bits per heavy atom. The molecule has 0 saturated carbocycles. The first-order chi connectivity index (χ1) is 9.27. The molecule has 0 aliphatic heterocycles. The normalized spacial score (nSPS) is 11.3.